The topological polar surface area (TPSA) is 77.0 Å². The highest BCUT2D eigenvalue weighted by molar-refractivity contribution is 6.30. The Balaban J connectivity index is 1.80. The van der Waals surface area contributed by atoms with Crippen LogP contribution in [-0.2, 0) is 9.53 Å². The van der Waals surface area contributed by atoms with Crippen LogP contribution in [0.5, 0.6) is 5.75 Å². The summed E-state index contributed by atoms with van der Waals surface area (Å²) in [6.07, 6.45) is 1.46. The maximum absolute atomic E-state index is 11.6. The number of nitrogens with one attached hydrogen (secondary N) is 1. The molecule has 0 saturated heterocycles. The van der Waals surface area contributed by atoms with Gasteiger partial charge in [-0.1, -0.05) is 29.8 Å². The molecule has 1 amide bonds. The number of nitrogens with zero attached hydrogens (tertiary/aromatic N) is 1. The van der Waals surface area contributed by atoms with Crippen LogP contribution in [0.25, 0.3) is 0 Å². The molecular weight excluding hydrogens is 332 g/mol. The number of amides is 1. The summed E-state index contributed by atoms with van der Waals surface area (Å²) in [5.41, 5.74) is 3.51. The number of halogens is 1. The molecule has 0 unspecified atom stereocenters. The number of esters is 1. The maximum atomic E-state index is 11.6. The van der Waals surface area contributed by atoms with Crippen molar-refractivity contribution in [1.29, 1.82) is 0 Å². The van der Waals surface area contributed by atoms with Crippen LogP contribution >= 0.6 is 11.6 Å². The predicted molar refractivity (Wildman–Crippen MR) is 90.5 cm³/mol. The van der Waals surface area contributed by atoms with Gasteiger partial charge in [-0.2, -0.15) is 5.10 Å². The Bertz CT molecular complexity index is 745. The van der Waals surface area contributed by atoms with E-state index in [1.54, 1.807) is 48.5 Å². The van der Waals surface area contributed by atoms with Crippen molar-refractivity contribution in [3.05, 3.63) is 64.7 Å². The first-order chi connectivity index (χ1) is 11.6. The first-order valence-electron chi connectivity index (χ1n) is 6.97. The highest BCUT2D eigenvalue weighted by Crippen LogP contribution is 2.16. The lowest BCUT2D eigenvalue weighted by Crippen LogP contribution is -2.24. The summed E-state index contributed by atoms with van der Waals surface area (Å²) in [5.74, 6) is -0.317. The van der Waals surface area contributed by atoms with Crippen molar-refractivity contribution in [1.82, 2.24) is 5.43 Å². The van der Waals surface area contributed by atoms with E-state index in [1.807, 2.05) is 0 Å². The van der Waals surface area contributed by atoms with Crippen LogP contribution in [0, 0.1) is 0 Å². The van der Waals surface area contributed by atoms with Gasteiger partial charge in [0.25, 0.3) is 5.91 Å². The van der Waals surface area contributed by atoms with E-state index in [1.165, 1.54) is 13.3 Å². The number of hydrazone groups is 1. The molecule has 0 aliphatic carbocycles. The van der Waals surface area contributed by atoms with Crippen LogP contribution < -0.4 is 10.2 Å². The SMILES string of the molecule is COC(=O)c1ccc(/C=N/NC(=O)COc2cccc(Cl)c2)cc1. The molecule has 24 heavy (non-hydrogen) atoms. The van der Waals surface area contributed by atoms with Gasteiger partial charge in [-0.3, -0.25) is 4.79 Å². The van der Waals surface area contributed by atoms with Crippen molar-refractivity contribution in [2.45, 2.75) is 0 Å². The zero-order valence-electron chi connectivity index (χ0n) is 12.9. The van der Waals surface area contributed by atoms with E-state index in [-0.39, 0.29) is 6.61 Å². The molecule has 0 radical (unpaired) electrons. The third-order valence-corrected chi connectivity index (χ3v) is 3.14. The van der Waals surface area contributed by atoms with E-state index in [0.29, 0.717) is 16.3 Å². The summed E-state index contributed by atoms with van der Waals surface area (Å²) in [5, 5.41) is 4.35. The molecule has 0 saturated carbocycles. The van der Waals surface area contributed by atoms with E-state index in [2.05, 4.69) is 15.3 Å². The molecule has 6 nitrogen and oxygen atoms in total. The van der Waals surface area contributed by atoms with Crippen LogP contribution in [0.4, 0.5) is 0 Å². The smallest absolute Gasteiger partial charge is 0.337 e. The van der Waals surface area contributed by atoms with E-state index in [9.17, 15) is 9.59 Å². The Morgan fingerprint density at radius 1 is 1.21 bits per heavy atom. The molecule has 0 aliphatic heterocycles. The van der Waals surface area contributed by atoms with Crippen molar-refractivity contribution in [2.24, 2.45) is 5.10 Å². The highest BCUT2D eigenvalue weighted by atomic mass is 35.5. The zero-order valence-corrected chi connectivity index (χ0v) is 13.6. The number of rotatable bonds is 6. The Labute approximate surface area is 144 Å². The summed E-state index contributed by atoms with van der Waals surface area (Å²) < 4.78 is 9.89. The lowest BCUT2D eigenvalue weighted by atomic mass is 10.1. The monoisotopic (exact) mass is 346 g/mol. The van der Waals surface area contributed by atoms with E-state index < -0.39 is 11.9 Å². The average molecular weight is 347 g/mol. The number of benzene rings is 2. The van der Waals surface area contributed by atoms with Gasteiger partial charge in [0.1, 0.15) is 5.75 Å². The van der Waals surface area contributed by atoms with Crippen LogP contribution in [-0.4, -0.2) is 31.8 Å². The van der Waals surface area contributed by atoms with Gasteiger partial charge in [-0.05, 0) is 35.9 Å². The number of hydrogen-bond donors (Lipinski definition) is 1. The lowest BCUT2D eigenvalue weighted by molar-refractivity contribution is -0.123. The van der Waals surface area contributed by atoms with Gasteiger partial charge >= 0.3 is 5.97 Å². The van der Waals surface area contributed by atoms with Gasteiger partial charge in [0.05, 0.1) is 18.9 Å². The van der Waals surface area contributed by atoms with Gasteiger partial charge in [0.15, 0.2) is 6.61 Å². The summed E-state index contributed by atoms with van der Waals surface area (Å²) in [6, 6.07) is 13.3. The van der Waals surface area contributed by atoms with Crippen LogP contribution in [0.15, 0.2) is 53.6 Å². The second-order valence-electron chi connectivity index (χ2n) is 4.65. The molecule has 0 heterocycles. The van der Waals surface area contributed by atoms with E-state index in [0.717, 1.165) is 5.56 Å². The van der Waals surface area contributed by atoms with Crippen LogP contribution in [0.3, 0.4) is 0 Å². The quantitative estimate of drug-likeness (QED) is 0.495. The molecule has 0 fully saturated rings. The normalized spacial score (nSPS) is 10.4. The molecule has 2 rings (SSSR count). The number of ether oxygens (including phenoxy) is 2. The van der Waals surface area contributed by atoms with Crippen molar-refractivity contribution < 1.29 is 19.1 Å². The first kappa shape index (κ1) is 17.5. The van der Waals surface area contributed by atoms with Crippen LogP contribution in [0.1, 0.15) is 15.9 Å². The van der Waals surface area contributed by atoms with E-state index in [4.69, 9.17) is 16.3 Å². The third-order valence-electron chi connectivity index (χ3n) is 2.90. The minimum Gasteiger partial charge on any atom is -0.484 e. The Morgan fingerprint density at radius 2 is 1.96 bits per heavy atom. The fraction of sp³-hybridized carbons (Fsp3) is 0.118. The molecule has 0 spiro atoms. The highest BCUT2D eigenvalue weighted by Gasteiger charge is 2.04. The first-order valence-corrected chi connectivity index (χ1v) is 7.35. The Hall–Kier alpha value is -2.86. The molecule has 1 N–H and O–H groups in total. The van der Waals surface area contributed by atoms with Gasteiger partial charge in [0, 0.05) is 5.02 Å². The minimum atomic E-state index is -0.412. The van der Waals surface area contributed by atoms with Crippen molar-refractivity contribution >= 4 is 29.7 Å². The van der Waals surface area contributed by atoms with Gasteiger partial charge in [-0.25, -0.2) is 10.2 Å². The molecule has 0 aliphatic rings. The Morgan fingerprint density at radius 3 is 2.62 bits per heavy atom. The van der Waals surface area contributed by atoms with Gasteiger partial charge in [-0.15, -0.1) is 0 Å². The standard InChI is InChI=1S/C17H15ClN2O4/c1-23-17(22)13-7-5-12(6-8-13)10-19-20-16(21)11-24-15-4-2-3-14(18)9-15/h2-10H,11H2,1H3,(H,20,21)/b19-10+. The minimum absolute atomic E-state index is 0.182. The van der Waals surface area contributed by atoms with E-state index >= 15 is 0 Å². The second-order valence-corrected chi connectivity index (χ2v) is 5.09. The van der Waals surface area contributed by atoms with Crippen LogP contribution in [0.2, 0.25) is 5.02 Å². The molecule has 0 bridgehead atoms. The predicted octanol–water partition coefficient (Wildman–Crippen LogP) is 2.66. The zero-order chi connectivity index (χ0) is 17.4. The Kier molecular flexibility index (Phi) is 6.33. The summed E-state index contributed by atoms with van der Waals surface area (Å²) >= 11 is 5.82. The molecule has 2 aromatic carbocycles. The van der Waals surface area contributed by atoms with Gasteiger partial charge in [0.2, 0.25) is 0 Å². The largest absolute Gasteiger partial charge is 0.484 e. The van der Waals surface area contributed by atoms with Crippen molar-refractivity contribution in [2.75, 3.05) is 13.7 Å². The van der Waals surface area contributed by atoms with Crippen molar-refractivity contribution in [3.63, 3.8) is 0 Å². The molecule has 0 atom stereocenters. The third kappa shape index (κ3) is 5.40. The second kappa shape index (κ2) is 8.69. The number of methoxy groups -OCH3 is 1. The fourth-order valence-corrected chi connectivity index (χ4v) is 1.92. The summed E-state index contributed by atoms with van der Waals surface area (Å²) in [4.78, 5) is 22.9. The molecular formula is C17H15ClN2O4. The number of carbonyl (C=O) groups excluding carboxylic acids is 2. The lowest BCUT2D eigenvalue weighted by Gasteiger charge is -2.05. The molecule has 2 aromatic rings. The fourth-order valence-electron chi connectivity index (χ4n) is 1.74. The maximum Gasteiger partial charge on any atom is 0.337 e. The van der Waals surface area contributed by atoms with Crippen molar-refractivity contribution in [3.8, 4) is 5.75 Å². The average Bonchev–Trinajstić information content (AvgIpc) is 2.60. The number of hydrogen-bond acceptors (Lipinski definition) is 5. The van der Waals surface area contributed by atoms with Gasteiger partial charge < -0.3 is 9.47 Å². The number of carbonyl (C=O) groups is 2. The molecule has 0 aromatic heterocycles. The summed E-state index contributed by atoms with van der Waals surface area (Å²) in [6.45, 7) is -0.182. The molecule has 124 valence electrons. The molecule has 7 heteroatoms. The summed E-state index contributed by atoms with van der Waals surface area (Å²) in [7, 11) is 1.32.